The number of rotatable bonds is 4. The molecule has 2 aromatic rings. The summed E-state index contributed by atoms with van der Waals surface area (Å²) in [6, 6.07) is 11.9. The van der Waals surface area contributed by atoms with Crippen molar-refractivity contribution in [3.8, 4) is 5.75 Å². The number of carbonyl (C=O) groups is 3. The number of hydrogen-bond acceptors (Lipinski definition) is 4. The molecule has 0 bridgehead atoms. The smallest absolute Gasteiger partial charge is 0.333 e. The fourth-order valence-corrected chi connectivity index (χ4v) is 3.29. The molecule has 2 aromatic carbocycles. The molecular formula is C20H16Cl2N2O4. The van der Waals surface area contributed by atoms with Gasteiger partial charge in [-0.05, 0) is 29.3 Å². The number of nitrogens with zero attached hydrogens (tertiary/aromatic N) is 2. The SMILES string of the molecule is CN1C(=O)C(=Cc2cc(Cl)c(OCc3ccccc3)c(Cl)c2)C(=O)N(C)C1=O. The van der Waals surface area contributed by atoms with E-state index in [4.69, 9.17) is 27.9 Å². The summed E-state index contributed by atoms with van der Waals surface area (Å²) in [5, 5.41) is 0.479. The predicted molar refractivity (Wildman–Crippen MR) is 106 cm³/mol. The zero-order valence-electron chi connectivity index (χ0n) is 15.1. The molecule has 1 saturated heterocycles. The lowest BCUT2D eigenvalue weighted by Gasteiger charge is -2.28. The van der Waals surface area contributed by atoms with Crippen LogP contribution in [-0.2, 0) is 16.2 Å². The van der Waals surface area contributed by atoms with Crippen molar-refractivity contribution in [3.63, 3.8) is 0 Å². The summed E-state index contributed by atoms with van der Waals surface area (Å²) in [5.74, 6) is -1.07. The second-order valence-electron chi connectivity index (χ2n) is 6.16. The molecule has 0 radical (unpaired) electrons. The standard InChI is InChI=1S/C20H16Cl2N2O4/c1-23-18(25)14(19(26)24(2)20(23)27)8-13-9-15(21)17(16(22)10-13)28-11-12-6-4-3-5-7-12/h3-10H,11H2,1-2H3. The van der Waals surface area contributed by atoms with Gasteiger partial charge >= 0.3 is 6.03 Å². The van der Waals surface area contributed by atoms with Gasteiger partial charge in [0.25, 0.3) is 11.8 Å². The van der Waals surface area contributed by atoms with Crippen molar-refractivity contribution in [2.75, 3.05) is 14.1 Å². The maximum atomic E-state index is 12.3. The topological polar surface area (TPSA) is 66.9 Å². The van der Waals surface area contributed by atoms with Gasteiger partial charge in [-0.3, -0.25) is 19.4 Å². The van der Waals surface area contributed by atoms with Gasteiger partial charge in [0.15, 0.2) is 5.75 Å². The molecular weight excluding hydrogens is 403 g/mol. The summed E-state index contributed by atoms with van der Waals surface area (Å²) in [5.41, 5.74) is 1.24. The Kier molecular flexibility index (Phi) is 5.72. The summed E-state index contributed by atoms with van der Waals surface area (Å²) in [7, 11) is 2.61. The van der Waals surface area contributed by atoms with Crippen molar-refractivity contribution >= 4 is 47.1 Å². The summed E-state index contributed by atoms with van der Waals surface area (Å²) >= 11 is 12.6. The molecule has 0 spiro atoms. The fraction of sp³-hybridized carbons (Fsp3) is 0.150. The second-order valence-corrected chi connectivity index (χ2v) is 6.97. The number of amides is 4. The van der Waals surface area contributed by atoms with Crippen LogP contribution in [0, 0.1) is 0 Å². The van der Waals surface area contributed by atoms with Crippen molar-refractivity contribution in [2.45, 2.75) is 6.61 Å². The van der Waals surface area contributed by atoms with Gasteiger partial charge in [-0.25, -0.2) is 4.79 Å². The summed E-state index contributed by atoms with van der Waals surface area (Å²) in [6.45, 7) is 0.287. The van der Waals surface area contributed by atoms with Gasteiger partial charge in [-0.1, -0.05) is 53.5 Å². The van der Waals surface area contributed by atoms with Crippen LogP contribution in [0.4, 0.5) is 4.79 Å². The normalized spacial score (nSPS) is 14.6. The molecule has 0 aromatic heterocycles. The van der Waals surface area contributed by atoms with E-state index < -0.39 is 17.8 Å². The zero-order chi connectivity index (χ0) is 20.4. The molecule has 8 heteroatoms. The van der Waals surface area contributed by atoms with E-state index in [1.54, 1.807) is 0 Å². The maximum absolute atomic E-state index is 12.3. The van der Waals surface area contributed by atoms with Gasteiger partial charge in [0.05, 0.1) is 10.0 Å². The van der Waals surface area contributed by atoms with Gasteiger partial charge in [0, 0.05) is 14.1 Å². The lowest BCUT2D eigenvalue weighted by Crippen LogP contribution is -2.52. The molecule has 144 valence electrons. The minimum absolute atomic E-state index is 0.158. The Balaban J connectivity index is 1.88. The van der Waals surface area contributed by atoms with E-state index in [1.807, 2.05) is 30.3 Å². The largest absolute Gasteiger partial charge is 0.486 e. The predicted octanol–water partition coefficient (Wildman–Crippen LogP) is 4.01. The van der Waals surface area contributed by atoms with Crippen LogP contribution in [0.5, 0.6) is 5.75 Å². The van der Waals surface area contributed by atoms with Gasteiger partial charge in [0.1, 0.15) is 12.2 Å². The Morgan fingerprint density at radius 3 is 2.00 bits per heavy atom. The van der Waals surface area contributed by atoms with E-state index in [0.717, 1.165) is 15.4 Å². The van der Waals surface area contributed by atoms with Crippen LogP contribution in [0.25, 0.3) is 6.08 Å². The highest BCUT2D eigenvalue weighted by Crippen LogP contribution is 2.35. The average molecular weight is 419 g/mol. The van der Waals surface area contributed by atoms with E-state index in [9.17, 15) is 14.4 Å². The van der Waals surface area contributed by atoms with Crippen molar-refractivity contribution in [3.05, 3.63) is 69.2 Å². The van der Waals surface area contributed by atoms with Crippen LogP contribution in [0.15, 0.2) is 48.0 Å². The molecule has 0 unspecified atom stereocenters. The molecule has 0 saturated carbocycles. The number of imide groups is 2. The number of halogens is 2. The van der Waals surface area contributed by atoms with Crippen LogP contribution >= 0.6 is 23.2 Å². The third-order valence-electron chi connectivity index (χ3n) is 4.20. The Morgan fingerprint density at radius 1 is 0.929 bits per heavy atom. The van der Waals surface area contributed by atoms with Crippen LogP contribution < -0.4 is 4.74 Å². The highest BCUT2D eigenvalue weighted by Gasteiger charge is 2.37. The van der Waals surface area contributed by atoms with E-state index in [-0.39, 0.29) is 22.2 Å². The first-order valence-electron chi connectivity index (χ1n) is 8.27. The maximum Gasteiger partial charge on any atom is 0.333 e. The minimum Gasteiger partial charge on any atom is -0.486 e. The highest BCUT2D eigenvalue weighted by atomic mass is 35.5. The number of ether oxygens (including phenoxy) is 1. The van der Waals surface area contributed by atoms with Crippen LogP contribution in [-0.4, -0.2) is 41.7 Å². The van der Waals surface area contributed by atoms with Crippen molar-refractivity contribution in [2.24, 2.45) is 0 Å². The number of urea groups is 1. The monoisotopic (exact) mass is 418 g/mol. The Hall–Kier alpha value is -2.83. The van der Waals surface area contributed by atoms with Crippen LogP contribution in [0.1, 0.15) is 11.1 Å². The molecule has 1 aliphatic rings. The van der Waals surface area contributed by atoms with Gasteiger partial charge in [-0.2, -0.15) is 0 Å². The molecule has 1 aliphatic heterocycles. The zero-order valence-corrected chi connectivity index (χ0v) is 16.6. The average Bonchev–Trinajstić information content (AvgIpc) is 2.68. The van der Waals surface area contributed by atoms with E-state index >= 15 is 0 Å². The molecule has 0 aliphatic carbocycles. The highest BCUT2D eigenvalue weighted by molar-refractivity contribution is 6.37. The molecule has 1 heterocycles. The number of benzene rings is 2. The van der Waals surface area contributed by atoms with Crippen molar-refractivity contribution < 1.29 is 19.1 Å². The fourth-order valence-electron chi connectivity index (χ4n) is 2.67. The lowest BCUT2D eigenvalue weighted by molar-refractivity contribution is -0.134. The van der Waals surface area contributed by atoms with Crippen molar-refractivity contribution in [1.29, 1.82) is 0 Å². The molecule has 6 nitrogen and oxygen atoms in total. The van der Waals surface area contributed by atoms with E-state index in [2.05, 4.69) is 0 Å². The van der Waals surface area contributed by atoms with Crippen molar-refractivity contribution in [1.82, 2.24) is 9.80 Å². The first-order chi connectivity index (χ1) is 13.3. The quantitative estimate of drug-likeness (QED) is 0.555. The summed E-state index contributed by atoms with van der Waals surface area (Å²) in [4.78, 5) is 38.1. The first-order valence-corrected chi connectivity index (χ1v) is 9.02. The van der Waals surface area contributed by atoms with Gasteiger partial charge < -0.3 is 4.74 Å². The molecule has 1 fully saturated rings. The van der Waals surface area contributed by atoms with Crippen LogP contribution in [0.2, 0.25) is 10.0 Å². The molecule has 0 N–H and O–H groups in total. The number of barbiturate groups is 1. The molecule has 0 atom stereocenters. The summed E-state index contributed by atoms with van der Waals surface area (Å²) < 4.78 is 5.71. The van der Waals surface area contributed by atoms with Crippen LogP contribution in [0.3, 0.4) is 0 Å². The molecule has 28 heavy (non-hydrogen) atoms. The number of hydrogen-bond donors (Lipinski definition) is 0. The third kappa shape index (κ3) is 3.88. The Labute approximate surface area is 171 Å². The van der Waals surface area contributed by atoms with E-state index in [0.29, 0.717) is 11.3 Å². The molecule has 3 rings (SSSR count). The number of carbonyl (C=O) groups excluding carboxylic acids is 3. The molecule has 4 amide bonds. The second kappa shape index (κ2) is 8.04. The van der Waals surface area contributed by atoms with Gasteiger partial charge in [-0.15, -0.1) is 0 Å². The van der Waals surface area contributed by atoms with Gasteiger partial charge in [0.2, 0.25) is 0 Å². The first kappa shape index (κ1) is 19.9. The number of likely N-dealkylation sites (N-methyl/N-ethyl adjacent to an activating group) is 2. The Bertz CT molecular complexity index is 940. The van der Waals surface area contributed by atoms with E-state index in [1.165, 1.54) is 32.3 Å². The minimum atomic E-state index is -0.690. The lowest BCUT2D eigenvalue weighted by atomic mass is 10.1. The Morgan fingerprint density at radius 2 is 1.46 bits per heavy atom. The third-order valence-corrected chi connectivity index (χ3v) is 4.76. The summed E-state index contributed by atoms with van der Waals surface area (Å²) in [6.07, 6.45) is 1.35.